The zero-order chi connectivity index (χ0) is 7.73. The second-order valence-electron chi connectivity index (χ2n) is 2.79. The predicted molar refractivity (Wildman–Crippen MR) is 46.2 cm³/mol. The zero-order valence-corrected chi connectivity index (χ0v) is 7.45. The van der Waals surface area contributed by atoms with Gasteiger partial charge in [0.2, 0.25) is 5.13 Å². The minimum atomic E-state index is 0.140. The summed E-state index contributed by atoms with van der Waals surface area (Å²) < 4.78 is 3.89. The van der Waals surface area contributed by atoms with E-state index in [4.69, 9.17) is 11.6 Å². The number of nitrogens with zero attached hydrogens (tertiary/aromatic N) is 2. The fraction of sp³-hybridized carbons (Fsp3) is 0.667. The number of anilines is 1. The summed E-state index contributed by atoms with van der Waals surface area (Å²) in [7, 11) is 0. The van der Waals surface area contributed by atoms with Crippen molar-refractivity contribution >= 4 is 28.3 Å². The third kappa shape index (κ3) is 1.46. The van der Waals surface area contributed by atoms with E-state index < -0.39 is 0 Å². The molecule has 1 aliphatic carbocycles. The third-order valence-electron chi connectivity index (χ3n) is 1.84. The summed E-state index contributed by atoms with van der Waals surface area (Å²) in [6, 6.07) is 0. The van der Waals surface area contributed by atoms with Crippen LogP contribution < -0.4 is 5.32 Å². The van der Waals surface area contributed by atoms with Gasteiger partial charge in [0.1, 0.15) is 6.33 Å². The molecule has 1 aromatic rings. The molecule has 0 aliphatic heterocycles. The fourth-order valence-corrected chi connectivity index (χ4v) is 1.78. The number of halogens is 1. The van der Waals surface area contributed by atoms with Crippen LogP contribution >= 0.6 is 23.1 Å². The van der Waals surface area contributed by atoms with Gasteiger partial charge in [-0.25, -0.2) is 4.98 Å². The smallest absolute Gasteiger partial charge is 0.202 e. The van der Waals surface area contributed by atoms with Crippen LogP contribution in [0.2, 0.25) is 0 Å². The molecule has 1 fully saturated rings. The lowest BCUT2D eigenvalue weighted by Gasteiger charge is -2.10. The number of aromatic nitrogens is 2. The molecule has 11 heavy (non-hydrogen) atoms. The van der Waals surface area contributed by atoms with Gasteiger partial charge in [0, 0.05) is 17.4 Å². The average molecular weight is 190 g/mol. The first kappa shape index (κ1) is 7.31. The van der Waals surface area contributed by atoms with Gasteiger partial charge in [-0.1, -0.05) is 0 Å². The first-order valence-corrected chi connectivity index (χ1v) is 4.76. The van der Waals surface area contributed by atoms with E-state index in [0.717, 1.165) is 18.0 Å². The Bertz CT molecular complexity index is 232. The van der Waals surface area contributed by atoms with E-state index in [1.165, 1.54) is 11.5 Å². The molecule has 0 bridgehead atoms. The van der Waals surface area contributed by atoms with Crippen LogP contribution in [0.1, 0.15) is 12.8 Å². The standard InChI is InChI=1S/C6H8ClN3S/c7-3-6(1-2-6)10-5-8-4-9-11-5/h4H,1-3H2,(H,8,9,10). The maximum atomic E-state index is 5.77. The molecule has 0 unspecified atom stereocenters. The Morgan fingerprint density at radius 1 is 1.73 bits per heavy atom. The fourth-order valence-electron chi connectivity index (χ4n) is 0.898. The van der Waals surface area contributed by atoms with Gasteiger partial charge in [-0.15, -0.1) is 11.6 Å². The second-order valence-corrected chi connectivity index (χ2v) is 3.83. The average Bonchev–Trinajstić information content (AvgIpc) is 2.59. The number of rotatable bonds is 3. The SMILES string of the molecule is ClCC1(Nc2ncns2)CC1. The summed E-state index contributed by atoms with van der Waals surface area (Å²) >= 11 is 7.14. The molecule has 1 aromatic heterocycles. The van der Waals surface area contributed by atoms with E-state index in [1.54, 1.807) is 6.33 Å². The Morgan fingerprint density at radius 2 is 2.55 bits per heavy atom. The summed E-state index contributed by atoms with van der Waals surface area (Å²) in [5.74, 6) is 0.659. The number of hydrogen-bond acceptors (Lipinski definition) is 4. The molecule has 0 atom stereocenters. The van der Waals surface area contributed by atoms with Crippen LogP contribution in [0, 0.1) is 0 Å². The van der Waals surface area contributed by atoms with Crippen molar-refractivity contribution in [2.75, 3.05) is 11.2 Å². The van der Waals surface area contributed by atoms with Crippen LogP contribution in [0.25, 0.3) is 0 Å². The number of nitrogens with one attached hydrogen (secondary N) is 1. The van der Waals surface area contributed by atoms with Gasteiger partial charge in [-0.2, -0.15) is 4.37 Å². The molecule has 1 saturated carbocycles. The van der Waals surface area contributed by atoms with E-state index in [2.05, 4.69) is 14.7 Å². The van der Waals surface area contributed by atoms with Gasteiger partial charge < -0.3 is 5.32 Å². The summed E-state index contributed by atoms with van der Waals surface area (Å²) in [5, 5.41) is 4.15. The van der Waals surface area contributed by atoms with Crippen LogP contribution in [-0.4, -0.2) is 20.8 Å². The van der Waals surface area contributed by atoms with Crippen LogP contribution in [0.5, 0.6) is 0 Å². The maximum Gasteiger partial charge on any atom is 0.202 e. The maximum absolute atomic E-state index is 5.77. The molecule has 0 amide bonds. The molecule has 1 aliphatic rings. The van der Waals surface area contributed by atoms with Crippen LogP contribution in [-0.2, 0) is 0 Å². The lowest BCUT2D eigenvalue weighted by molar-refractivity contribution is 0.835. The summed E-state index contributed by atoms with van der Waals surface area (Å²) in [5.41, 5.74) is 0.140. The van der Waals surface area contributed by atoms with Crippen molar-refractivity contribution in [2.24, 2.45) is 0 Å². The van der Waals surface area contributed by atoms with Gasteiger partial charge in [0.05, 0.1) is 5.54 Å². The Balaban J connectivity index is 2.01. The molecule has 5 heteroatoms. The largest absolute Gasteiger partial charge is 0.354 e. The molecule has 0 radical (unpaired) electrons. The number of alkyl halides is 1. The Morgan fingerprint density at radius 3 is 3.00 bits per heavy atom. The minimum Gasteiger partial charge on any atom is -0.354 e. The van der Waals surface area contributed by atoms with Crippen molar-refractivity contribution in [3.63, 3.8) is 0 Å². The van der Waals surface area contributed by atoms with Gasteiger partial charge in [0.15, 0.2) is 0 Å². The first-order valence-electron chi connectivity index (χ1n) is 3.45. The Hall–Kier alpha value is -0.350. The van der Waals surface area contributed by atoms with E-state index >= 15 is 0 Å². The topological polar surface area (TPSA) is 37.8 Å². The summed E-state index contributed by atoms with van der Waals surface area (Å²) in [6.07, 6.45) is 3.85. The molecule has 1 N–H and O–H groups in total. The molecular weight excluding hydrogens is 182 g/mol. The van der Waals surface area contributed by atoms with E-state index in [1.807, 2.05) is 0 Å². The van der Waals surface area contributed by atoms with Crippen LogP contribution in [0.4, 0.5) is 5.13 Å². The number of hydrogen-bond donors (Lipinski definition) is 1. The molecule has 1 heterocycles. The molecule has 2 rings (SSSR count). The molecule has 3 nitrogen and oxygen atoms in total. The van der Waals surface area contributed by atoms with Crippen molar-refractivity contribution < 1.29 is 0 Å². The van der Waals surface area contributed by atoms with Gasteiger partial charge in [-0.3, -0.25) is 0 Å². The highest BCUT2D eigenvalue weighted by Gasteiger charge is 2.42. The first-order chi connectivity index (χ1) is 5.35. The van der Waals surface area contributed by atoms with E-state index in [-0.39, 0.29) is 5.54 Å². The van der Waals surface area contributed by atoms with Crippen molar-refractivity contribution in [3.05, 3.63) is 6.33 Å². The molecule has 0 aromatic carbocycles. The van der Waals surface area contributed by atoms with Gasteiger partial charge in [0.25, 0.3) is 0 Å². The van der Waals surface area contributed by atoms with Crippen molar-refractivity contribution in [1.82, 2.24) is 9.36 Å². The van der Waals surface area contributed by atoms with E-state index in [9.17, 15) is 0 Å². The van der Waals surface area contributed by atoms with Crippen molar-refractivity contribution in [1.29, 1.82) is 0 Å². The molecule has 0 spiro atoms. The highest BCUT2D eigenvalue weighted by Crippen LogP contribution is 2.39. The predicted octanol–water partition coefficient (Wildman–Crippen LogP) is 1.72. The molecule has 60 valence electrons. The lowest BCUT2D eigenvalue weighted by atomic mass is 10.3. The van der Waals surface area contributed by atoms with Crippen LogP contribution in [0.3, 0.4) is 0 Å². The van der Waals surface area contributed by atoms with Gasteiger partial charge >= 0.3 is 0 Å². The Kier molecular flexibility index (Phi) is 1.73. The van der Waals surface area contributed by atoms with E-state index in [0.29, 0.717) is 5.88 Å². The monoisotopic (exact) mass is 189 g/mol. The third-order valence-corrected chi connectivity index (χ3v) is 2.93. The van der Waals surface area contributed by atoms with Gasteiger partial charge in [-0.05, 0) is 12.8 Å². The van der Waals surface area contributed by atoms with Crippen molar-refractivity contribution in [2.45, 2.75) is 18.4 Å². The van der Waals surface area contributed by atoms with Crippen LogP contribution in [0.15, 0.2) is 6.33 Å². The second kappa shape index (κ2) is 2.60. The molecule has 0 saturated heterocycles. The van der Waals surface area contributed by atoms with Crippen molar-refractivity contribution in [3.8, 4) is 0 Å². The summed E-state index contributed by atoms with van der Waals surface area (Å²) in [6.45, 7) is 0. The summed E-state index contributed by atoms with van der Waals surface area (Å²) in [4.78, 5) is 4.03. The minimum absolute atomic E-state index is 0.140. The highest BCUT2D eigenvalue weighted by atomic mass is 35.5. The normalized spacial score (nSPS) is 19.7. The lowest BCUT2D eigenvalue weighted by Crippen LogP contribution is -2.22. The quantitative estimate of drug-likeness (QED) is 0.736. The Labute approximate surface area is 74.0 Å². The zero-order valence-electron chi connectivity index (χ0n) is 5.88. The molecular formula is C6H8ClN3S. The highest BCUT2D eigenvalue weighted by molar-refractivity contribution is 7.09.